The lowest BCUT2D eigenvalue weighted by Crippen LogP contribution is -2.32. The average Bonchev–Trinajstić information content (AvgIpc) is 2.35. The van der Waals surface area contributed by atoms with Crippen molar-refractivity contribution in [1.82, 2.24) is 5.32 Å². The quantitative estimate of drug-likeness (QED) is 0.690. The molecule has 1 fully saturated rings. The van der Waals surface area contributed by atoms with Crippen molar-refractivity contribution in [3.8, 4) is 0 Å². The second-order valence-electron chi connectivity index (χ2n) is 4.06. The van der Waals surface area contributed by atoms with Gasteiger partial charge in [0.2, 0.25) is 0 Å². The summed E-state index contributed by atoms with van der Waals surface area (Å²) >= 11 is 4.74. The van der Waals surface area contributed by atoms with Crippen LogP contribution in [0, 0.1) is 5.41 Å². The molecule has 0 spiro atoms. The molecule has 2 nitrogen and oxygen atoms in total. The summed E-state index contributed by atoms with van der Waals surface area (Å²) in [6, 6.07) is 0. The molecule has 1 aliphatic carbocycles. The minimum absolute atomic E-state index is 0. The van der Waals surface area contributed by atoms with E-state index in [1.165, 1.54) is 32.1 Å². The van der Waals surface area contributed by atoms with Gasteiger partial charge >= 0.3 is 0 Å². The standard InChI is InChI=1S/C9H18N2S.CH4/c1-9(4-2-3-5-9)6-7-11-8(10)12;/h2-7H2,1H3,(H3,10,11,12);1H4. The van der Waals surface area contributed by atoms with Crippen molar-refractivity contribution in [1.29, 1.82) is 0 Å². The van der Waals surface area contributed by atoms with Crippen molar-refractivity contribution < 1.29 is 0 Å². The predicted octanol–water partition coefficient (Wildman–Crippen LogP) is 2.43. The highest BCUT2D eigenvalue weighted by molar-refractivity contribution is 7.80. The first kappa shape index (κ1) is 12.7. The second-order valence-corrected chi connectivity index (χ2v) is 4.50. The van der Waals surface area contributed by atoms with Gasteiger partial charge in [0.05, 0.1) is 0 Å². The van der Waals surface area contributed by atoms with Gasteiger partial charge < -0.3 is 11.1 Å². The summed E-state index contributed by atoms with van der Waals surface area (Å²) in [5.41, 5.74) is 5.89. The van der Waals surface area contributed by atoms with E-state index in [1.54, 1.807) is 0 Å². The largest absolute Gasteiger partial charge is 0.376 e. The molecule has 1 saturated carbocycles. The molecule has 3 N–H and O–H groups in total. The van der Waals surface area contributed by atoms with Gasteiger partial charge in [-0.1, -0.05) is 27.2 Å². The van der Waals surface area contributed by atoms with Gasteiger partial charge in [0.1, 0.15) is 0 Å². The first-order chi connectivity index (χ1) is 5.62. The Morgan fingerprint density at radius 3 is 2.46 bits per heavy atom. The van der Waals surface area contributed by atoms with Crippen molar-refractivity contribution in [3.63, 3.8) is 0 Å². The van der Waals surface area contributed by atoms with Crippen molar-refractivity contribution in [3.05, 3.63) is 0 Å². The lowest BCUT2D eigenvalue weighted by atomic mass is 9.85. The molecule has 1 rings (SSSR count). The molecule has 13 heavy (non-hydrogen) atoms. The Hall–Kier alpha value is -0.310. The van der Waals surface area contributed by atoms with Crippen LogP contribution >= 0.6 is 12.2 Å². The van der Waals surface area contributed by atoms with Gasteiger partial charge in [-0.3, -0.25) is 0 Å². The van der Waals surface area contributed by atoms with Crippen molar-refractivity contribution in [2.45, 2.75) is 46.5 Å². The Morgan fingerprint density at radius 2 is 2.00 bits per heavy atom. The summed E-state index contributed by atoms with van der Waals surface area (Å²) in [6.45, 7) is 3.30. The van der Waals surface area contributed by atoms with Crippen LogP contribution in [0.2, 0.25) is 0 Å². The number of hydrogen-bond donors (Lipinski definition) is 2. The lowest BCUT2D eigenvalue weighted by Gasteiger charge is -2.23. The molecule has 0 radical (unpaired) electrons. The van der Waals surface area contributed by atoms with Crippen LogP contribution in [0.15, 0.2) is 0 Å². The second kappa shape index (κ2) is 5.43. The molecule has 0 bridgehead atoms. The van der Waals surface area contributed by atoms with Gasteiger partial charge in [-0.25, -0.2) is 0 Å². The fourth-order valence-corrected chi connectivity index (χ4v) is 2.07. The van der Waals surface area contributed by atoms with Gasteiger partial charge in [-0.05, 0) is 36.9 Å². The van der Waals surface area contributed by atoms with E-state index in [9.17, 15) is 0 Å². The van der Waals surface area contributed by atoms with Crippen LogP contribution in [-0.2, 0) is 0 Å². The summed E-state index contributed by atoms with van der Waals surface area (Å²) < 4.78 is 0. The van der Waals surface area contributed by atoms with E-state index in [-0.39, 0.29) is 7.43 Å². The Bertz CT molecular complexity index is 162. The summed E-state index contributed by atoms with van der Waals surface area (Å²) in [5.74, 6) is 0. The first-order valence-electron chi connectivity index (χ1n) is 4.66. The molecule has 0 amide bonds. The number of rotatable bonds is 3. The van der Waals surface area contributed by atoms with Crippen LogP contribution in [0.1, 0.15) is 46.5 Å². The lowest BCUT2D eigenvalue weighted by molar-refractivity contribution is 0.309. The minimum Gasteiger partial charge on any atom is -0.376 e. The third-order valence-electron chi connectivity index (χ3n) is 2.84. The van der Waals surface area contributed by atoms with Gasteiger partial charge in [0, 0.05) is 6.54 Å². The molecule has 0 atom stereocenters. The van der Waals surface area contributed by atoms with Gasteiger partial charge in [0.25, 0.3) is 0 Å². The maximum Gasteiger partial charge on any atom is 0.163 e. The zero-order chi connectivity index (χ0) is 9.03. The molecule has 0 aliphatic heterocycles. The third kappa shape index (κ3) is 4.46. The Labute approximate surface area is 87.3 Å². The fourth-order valence-electron chi connectivity index (χ4n) is 1.97. The van der Waals surface area contributed by atoms with Crippen molar-refractivity contribution in [2.24, 2.45) is 11.1 Å². The number of nitrogens with two attached hydrogens (primary N) is 1. The van der Waals surface area contributed by atoms with E-state index in [1.807, 2.05) is 0 Å². The normalized spacial score (nSPS) is 19.2. The Balaban J connectivity index is 0.00000144. The summed E-state index contributed by atoms with van der Waals surface area (Å²) in [4.78, 5) is 0. The maximum absolute atomic E-state index is 5.34. The molecule has 0 heterocycles. The average molecular weight is 202 g/mol. The van der Waals surface area contributed by atoms with E-state index in [0.717, 1.165) is 6.54 Å². The van der Waals surface area contributed by atoms with Crippen LogP contribution in [0.25, 0.3) is 0 Å². The first-order valence-corrected chi connectivity index (χ1v) is 5.07. The molecule has 1 aliphatic rings. The van der Waals surface area contributed by atoms with E-state index in [2.05, 4.69) is 12.2 Å². The molecule has 0 unspecified atom stereocenters. The highest BCUT2D eigenvalue weighted by Gasteiger charge is 2.27. The summed E-state index contributed by atoms with van der Waals surface area (Å²) in [6.07, 6.45) is 6.72. The van der Waals surface area contributed by atoms with E-state index >= 15 is 0 Å². The van der Waals surface area contributed by atoms with Crippen molar-refractivity contribution in [2.75, 3.05) is 6.54 Å². The number of hydrogen-bond acceptors (Lipinski definition) is 1. The SMILES string of the molecule is C.CC1(CCNC(N)=S)CCCC1. The zero-order valence-corrected chi connectivity index (χ0v) is 8.54. The van der Waals surface area contributed by atoms with Gasteiger partial charge in [-0.15, -0.1) is 0 Å². The van der Waals surface area contributed by atoms with Crippen LogP contribution in [0.3, 0.4) is 0 Å². The predicted molar refractivity (Wildman–Crippen MR) is 62.7 cm³/mol. The zero-order valence-electron chi connectivity index (χ0n) is 7.73. The Morgan fingerprint density at radius 1 is 1.46 bits per heavy atom. The fraction of sp³-hybridized carbons (Fsp3) is 0.900. The smallest absolute Gasteiger partial charge is 0.163 e. The van der Waals surface area contributed by atoms with Gasteiger partial charge in [-0.2, -0.15) is 0 Å². The maximum atomic E-state index is 5.34. The number of thiocarbonyl (C=S) groups is 1. The van der Waals surface area contributed by atoms with Crippen molar-refractivity contribution >= 4 is 17.3 Å². The molecular weight excluding hydrogens is 180 g/mol. The van der Waals surface area contributed by atoms with Crippen LogP contribution in [-0.4, -0.2) is 11.7 Å². The third-order valence-corrected chi connectivity index (χ3v) is 2.98. The van der Waals surface area contributed by atoms with Crippen LogP contribution in [0.5, 0.6) is 0 Å². The van der Waals surface area contributed by atoms with E-state index in [4.69, 9.17) is 18.0 Å². The molecule has 0 aromatic rings. The monoisotopic (exact) mass is 202 g/mol. The Kier molecular flexibility index (Phi) is 5.30. The molecule has 0 aromatic heterocycles. The van der Waals surface area contributed by atoms with E-state index < -0.39 is 0 Å². The molecule has 0 saturated heterocycles. The minimum atomic E-state index is 0. The highest BCUT2D eigenvalue weighted by Crippen LogP contribution is 2.39. The summed E-state index contributed by atoms with van der Waals surface area (Å²) in [5, 5.41) is 3.43. The number of nitrogens with one attached hydrogen (secondary N) is 1. The topological polar surface area (TPSA) is 38.0 Å². The highest BCUT2D eigenvalue weighted by atomic mass is 32.1. The van der Waals surface area contributed by atoms with E-state index in [0.29, 0.717) is 10.5 Å². The molecule has 0 aromatic carbocycles. The molecule has 3 heteroatoms. The molecular formula is C10H22N2S. The van der Waals surface area contributed by atoms with Crippen LogP contribution < -0.4 is 11.1 Å². The molecule has 78 valence electrons. The van der Waals surface area contributed by atoms with Crippen LogP contribution in [0.4, 0.5) is 0 Å². The summed E-state index contributed by atoms with van der Waals surface area (Å²) in [7, 11) is 0. The van der Waals surface area contributed by atoms with Gasteiger partial charge in [0.15, 0.2) is 5.11 Å².